The summed E-state index contributed by atoms with van der Waals surface area (Å²) in [5, 5.41) is 9.71. The third kappa shape index (κ3) is 2.44. The van der Waals surface area contributed by atoms with Gasteiger partial charge < -0.3 is 10.0 Å². The van der Waals surface area contributed by atoms with Gasteiger partial charge in [0.15, 0.2) is 0 Å². The van der Waals surface area contributed by atoms with Crippen molar-refractivity contribution in [3.63, 3.8) is 0 Å². The highest BCUT2D eigenvalue weighted by Crippen LogP contribution is 2.12. The maximum absolute atomic E-state index is 9.71. The molecule has 0 spiro atoms. The molecule has 0 aliphatic carbocycles. The van der Waals surface area contributed by atoms with E-state index in [1.54, 1.807) is 0 Å². The van der Waals surface area contributed by atoms with Gasteiger partial charge in [-0.3, -0.25) is 4.90 Å². The minimum Gasteiger partial charge on any atom is -0.376 e. The lowest BCUT2D eigenvalue weighted by Crippen LogP contribution is -2.54. The van der Waals surface area contributed by atoms with Crippen molar-refractivity contribution in [2.45, 2.75) is 26.5 Å². The van der Waals surface area contributed by atoms with Crippen LogP contribution in [0.15, 0.2) is 0 Å². The first-order chi connectivity index (χ1) is 5.54. The lowest BCUT2D eigenvalue weighted by Gasteiger charge is -2.40. The Bertz CT molecular complexity index is 134. The Morgan fingerprint density at radius 2 is 1.67 bits per heavy atom. The molecule has 0 amide bonds. The van der Waals surface area contributed by atoms with Crippen LogP contribution >= 0.6 is 0 Å². The molecule has 1 rings (SSSR count). The summed E-state index contributed by atoms with van der Waals surface area (Å²) in [7, 11) is 0. The third-order valence-electron chi connectivity index (χ3n) is 2.59. The molecule has 1 heterocycles. The van der Waals surface area contributed by atoms with E-state index in [1.807, 2.05) is 13.8 Å². The van der Waals surface area contributed by atoms with E-state index in [1.165, 1.54) is 0 Å². The summed E-state index contributed by atoms with van der Waals surface area (Å²) in [6.45, 7) is 11.2. The molecule has 3 heteroatoms. The molecular formula is C9H20N2O. The largest absolute Gasteiger partial charge is 0.376 e. The van der Waals surface area contributed by atoms with E-state index in [0.717, 1.165) is 32.7 Å². The van der Waals surface area contributed by atoms with Gasteiger partial charge in [-0.05, 0) is 20.4 Å². The SMILES string of the molecule is CCN1CCN(C(C)(C)O)CC1. The average molecular weight is 172 g/mol. The van der Waals surface area contributed by atoms with E-state index < -0.39 is 5.72 Å². The van der Waals surface area contributed by atoms with Crippen molar-refractivity contribution >= 4 is 0 Å². The van der Waals surface area contributed by atoms with Crippen LogP contribution < -0.4 is 0 Å². The summed E-state index contributed by atoms with van der Waals surface area (Å²) in [6, 6.07) is 0. The molecule has 1 saturated heterocycles. The van der Waals surface area contributed by atoms with Gasteiger partial charge >= 0.3 is 0 Å². The van der Waals surface area contributed by atoms with Crippen LogP contribution in [0.1, 0.15) is 20.8 Å². The first-order valence-corrected chi connectivity index (χ1v) is 4.74. The van der Waals surface area contributed by atoms with Crippen LogP contribution in [0, 0.1) is 0 Å². The number of hydrogen-bond acceptors (Lipinski definition) is 3. The molecule has 0 unspecified atom stereocenters. The predicted molar refractivity (Wildman–Crippen MR) is 50.0 cm³/mol. The van der Waals surface area contributed by atoms with Crippen molar-refractivity contribution in [2.75, 3.05) is 32.7 Å². The Labute approximate surface area is 75.0 Å². The summed E-state index contributed by atoms with van der Waals surface area (Å²) in [5.74, 6) is 0. The maximum atomic E-state index is 9.71. The van der Waals surface area contributed by atoms with Gasteiger partial charge in [0, 0.05) is 26.2 Å². The maximum Gasteiger partial charge on any atom is 0.112 e. The van der Waals surface area contributed by atoms with Crippen molar-refractivity contribution in [1.82, 2.24) is 9.80 Å². The minimum atomic E-state index is -0.639. The normalized spacial score (nSPS) is 23.0. The number of nitrogens with zero attached hydrogens (tertiary/aromatic N) is 2. The quantitative estimate of drug-likeness (QED) is 0.651. The molecule has 12 heavy (non-hydrogen) atoms. The van der Waals surface area contributed by atoms with Gasteiger partial charge in [-0.1, -0.05) is 6.92 Å². The van der Waals surface area contributed by atoms with Crippen molar-refractivity contribution < 1.29 is 5.11 Å². The molecule has 1 aliphatic heterocycles. The molecular weight excluding hydrogens is 152 g/mol. The zero-order valence-electron chi connectivity index (χ0n) is 8.38. The van der Waals surface area contributed by atoms with Gasteiger partial charge in [0.1, 0.15) is 5.72 Å². The molecule has 0 atom stereocenters. The topological polar surface area (TPSA) is 26.7 Å². The van der Waals surface area contributed by atoms with E-state index in [0.29, 0.717) is 0 Å². The highest BCUT2D eigenvalue weighted by molar-refractivity contribution is 4.76. The van der Waals surface area contributed by atoms with Gasteiger partial charge in [-0.15, -0.1) is 0 Å². The number of piperazine rings is 1. The summed E-state index contributed by atoms with van der Waals surface area (Å²) >= 11 is 0. The molecule has 72 valence electrons. The van der Waals surface area contributed by atoms with E-state index in [4.69, 9.17) is 0 Å². The Balaban J connectivity index is 2.36. The molecule has 0 radical (unpaired) electrons. The van der Waals surface area contributed by atoms with Crippen LogP contribution in [0.3, 0.4) is 0 Å². The van der Waals surface area contributed by atoms with Crippen molar-refractivity contribution in [3.05, 3.63) is 0 Å². The third-order valence-corrected chi connectivity index (χ3v) is 2.59. The smallest absolute Gasteiger partial charge is 0.112 e. The molecule has 0 aromatic rings. The summed E-state index contributed by atoms with van der Waals surface area (Å²) in [4.78, 5) is 4.53. The zero-order valence-corrected chi connectivity index (χ0v) is 8.38. The number of hydrogen-bond donors (Lipinski definition) is 1. The van der Waals surface area contributed by atoms with Gasteiger partial charge in [0.2, 0.25) is 0 Å². The number of rotatable bonds is 2. The number of likely N-dealkylation sites (N-methyl/N-ethyl adjacent to an activating group) is 1. The van der Waals surface area contributed by atoms with Crippen LogP contribution in [0.2, 0.25) is 0 Å². The van der Waals surface area contributed by atoms with Crippen molar-refractivity contribution in [2.24, 2.45) is 0 Å². The van der Waals surface area contributed by atoms with Crippen LogP contribution in [0.4, 0.5) is 0 Å². The fraction of sp³-hybridized carbons (Fsp3) is 1.00. The fourth-order valence-corrected chi connectivity index (χ4v) is 1.61. The molecule has 1 fully saturated rings. The molecule has 0 aromatic heterocycles. The van der Waals surface area contributed by atoms with Gasteiger partial charge in [-0.25, -0.2) is 0 Å². The molecule has 3 nitrogen and oxygen atoms in total. The van der Waals surface area contributed by atoms with Crippen molar-refractivity contribution in [1.29, 1.82) is 0 Å². The lowest BCUT2D eigenvalue weighted by molar-refractivity contribution is -0.0957. The van der Waals surface area contributed by atoms with Crippen molar-refractivity contribution in [3.8, 4) is 0 Å². The van der Waals surface area contributed by atoms with Crippen LogP contribution in [0.5, 0.6) is 0 Å². The fourth-order valence-electron chi connectivity index (χ4n) is 1.61. The van der Waals surface area contributed by atoms with E-state index >= 15 is 0 Å². The van der Waals surface area contributed by atoms with Gasteiger partial charge in [0.05, 0.1) is 0 Å². The zero-order chi connectivity index (χ0) is 9.19. The standard InChI is InChI=1S/C9H20N2O/c1-4-10-5-7-11(8-6-10)9(2,3)12/h12H,4-8H2,1-3H3. The Hall–Kier alpha value is -0.120. The molecule has 1 aliphatic rings. The summed E-state index contributed by atoms with van der Waals surface area (Å²) in [6.07, 6.45) is 0. The highest BCUT2D eigenvalue weighted by Gasteiger charge is 2.26. The van der Waals surface area contributed by atoms with E-state index in [2.05, 4.69) is 16.7 Å². The molecule has 0 saturated carbocycles. The second-order valence-electron chi connectivity index (χ2n) is 3.92. The lowest BCUT2D eigenvalue weighted by atomic mass is 10.2. The van der Waals surface area contributed by atoms with E-state index in [9.17, 15) is 5.11 Å². The first-order valence-electron chi connectivity index (χ1n) is 4.74. The van der Waals surface area contributed by atoms with E-state index in [-0.39, 0.29) is 0 Å². The summed E-state index contributed by atoms with van der Waals surface area (Å²) in [5.41, 5.74) is -0.639. The highest BCUT2D eigenvalue weighted by atomic mass is 16.3. The molecule has 0 bridgehead atoms. The van der Waals surface area contributed by atoms with Gasteiger partial charge in [0.25, 0.3) is 0 Å². The number of aliphatic hydroxyl groups is 1. The second kappa shape index (κ2) is 3.73. The molecule has 1 N–H and O–H groups in total. The van der Waals surface area contributed by atoms with Crippen LogP contribution in [-0.4, -0.2) is 53.4 Å². The average Bonchev–Trinajstić information content (AvgIpc) is 2.03. The first kappa shape index (κ1) is 9.96. The van der Waals surface area contributed by atoms with Crippen LogP contribution in [-0.2, 0) is 0 Å². The Kier molecular flexibility index (Phi) is 3.09. The second-order valence-corrected chi connectivity index (χ2v) is 3.92. The predicted octanol–water partition coefficient (Wildman–Crippen LogP) is 0.352. The Morgan fingerprint density at radius 3 is 2.00 bits per heavy atom. The monoisotopic (exact) mass is 172 g/mol. The van der Waals surface area contributed by atoms with Crippen LogP contribution in [0.25, 0.3) is 0 Å². The summed E-state index contributed by atoms with van der Waals surface area (Å²) < 4.78 is 0. The Morgan fingerprint density at radius 1 is 1.17 bits per heavy atom. The molecule has 0 aromatic carbocycles. The van der Waals surface area contributed by atoms with Gasteiger partial charge in [-0.2, -0.15) is 0 Å². The minimum absolute atomic E-state index is 0.639.